The fourth-order valence-electron chi connectivity index (χ4n) is 8.76. The van der Waals surface area contributed by atoms with Crippen molar-refractivity contribution in [1.82, 2.24) is 20.1 Å². The summed E-state index contributed by atoms with van der Waals surface area (Å²) >= 11 is 14.4. The molecular formula is C50H49Cl2FN4O8S. The van der Waals surface area contributed by atoms with Crippen LogP contribution in [0.3, 0.4) is 0 Å². The molecule has 4 aromatic carbocycles. The Bertz CT molecular complexity index is 2510. The fourth-order valence-corrected chi connectivity index (χ4v) is 10.4. The zero-order valence-electron chi connectivity index (χ0n) is 36.0. The van der Waals surface area contributed by atoms with E-state index in [1.54, 1.807) is 30.3 Å². The SMILES string of the molecule is O=C(N[C@@H](c1ccccc1)c1cccc(OCc2cccc(C(=O)N3CCS[C@H]3C(=O)O[C@@H](Cc3c(Cl)cncc3Cl)c3ccc(OF)c(OCC4CC4)c3)c2)c1)O[C@H]1CN2CCC1CC2. The number of ether oxygens (including phenoxy) is 4. The molecule has 0 radical (unpaired) electrons. The van der Waals surface area contributed by atoms with Crippen LogP contribution in [0.2, 0.25) is 10.0 Å². The first-order chi connectivity index (χ1) is 32.2. The highest BCUT2D eigenvalue weighted by Gasteiger charge is 2.39. The summed E-state index contributed by atoms with van der Waals surface area (Å²) in [6, 6.07) is 28.5. The lowest BCUT2D eigenvalue weighted by atomic mass is 9.86. The van der Waals surface area contributed by atoms with E-state index in [2.05, 4.69) is 20.1 Å². The summed E-state index contributed by atoms with van der Waals surface area (Å²) in [5.41, 5.74) is 3.83. The predicted molar refractivity (Wildman–Crippen MR) is 249 cm³/mol. The van der Waals surface area contributed by atoms with Crippen LogP contribution >= 0.6 is 35.0 Å². The van der Waals surface area contributed by atoms with Crippen molar-refractivity contribution in [2.24, 2.45) is 11.8 Å². The van der Waals surface area contributed by atoms with E-state index >= 15 is 0 Å². The smallest absolute Gasteiger partial charge is 0.408 e. The van der Waals surface area contributed by atoms with Crippen molar-refractivity contribution in [2.45, 2.75) is 62.3 Å². The van der Waals surface area contributed by atoms with Gasteiger partial charge in [-0.15, -0.1) is 11.8 Å². The van der Waals surface area contributed by atoms with E-state index in [-0.39, 0.29) is 46.6 Å². The van der Waals surface area contributed by atoms with Gasteiger partial charge in [0.2, 0.25) is 5.75 Å². The molecule has 1 N–H and O–H groups in total. The standard InChI is InChI=1S/C50H49Cl2FN4O8S/c51-40-26-54-27-41(52)39(40)25-43(35-14-15-42(65-53)44(24-35)62-29-31-12-13-31)63-49(59)48-57(20-21-66-48)47(58)37-10-4-6-32(22-37)30-61-38-11-5-9-36(23-38)46(34-7-2-1-3-8-34)55-50(60)64-45-28-56-18-16-33(45)17-19-56/h1-11,14-15,22-24,26-27,31,33,43,45-46,48H,12-13,16-21,25,28-30H2,(H,55,60)/t43-,45-,46-,48-/m0/s1. The van der Waals surface area contributed by atoms with Gasteiger partial charge in [0.1, 0.15) is 24.6 Å². The third kappa shape index (κ3) is 11.0. The van der Waals surface area contributed by atoms with Crippen molar-refractivity contribution in [3.05, 3.63) is 153 Å². The van der Waals surface area contributed by atoms with Gasteiger partial charge < -0.3 is 29.2 Å². The van der Waals surface area contributed by atoms with Crippen molar-refractivity contribution < 1.29 is 42.8 Å². The lowest BCUT2D eigenvalue weighted by Gasteiger charge is -2.43. The molecule has 16 heteroatoms. The molecule has 2 amide bonds. The van der Waals surface area contributed by atoms with Gasteiger partial charge in [0.25, 0.3) is 5.91 Å². The lowest BCUT2D eigenvalue weighted by molar-refractivity contribution is -0.151. The van der Waals surface area contributed by atoms with Crippen LogP contribution in [-0.2, 0) is 27.3 Å². The molecule has 4 aliphatic heterocycles. The normalized spacial score (nSPS) is 20.8. The molecule has 10 rings (SSSR count). The highest BCUT2D eigenvalue weighted by atomic mass is 35.5. The van der Waals surface area contributed by atoms with Crippen LogP contribution in [0.4, 0.5) is 9.32 Å². The molecule has 5 heterocycles. The number of amides is 2. The Kier molecular flexibility index (Phi) is 14.5. The quantitative estimate of drug-likeness (QED) is 0.0895. The molecule has 5 fully saturated rings. The molecule has 0 unspecified atom stereocenters. The minimum Gasteiger partial charge on any atom is -0.489 e. The van der Waals surface area contributed by atoms with Crippen LogP contribution in [0, 0.1) is 11.8 Å². The Morgan fingerprint density at radius 2 is 1.59 bits per heavy atom. The van der Waals surface area contributed by atoms with Crippen molar-refractivity contribution in [1.29, 1.82) is 0 Å². The van der Waals surface area contributed by atoms with Crippen LogP contribution in [0.5, 0.6) is 17.2 Å². The monoisotopic (exact) mass is 954 g/mol. The largest absolute Gasteiger partial charge is 0.489 e. The maximum atomic E-state index is 14.2. The van der Waals surface area contributed by atoms with Gasteiger partial charge in [-0.05, 0) is 115 Å². The second-order valence-corrected chi connectivity index (χ2v) is 19.1. The minimum atomic E-state index is -0.955. The lowest BCUT2D eigenvalue weighted by Crippen LogP contribution is -2.52. The number of fused-ring (bicyclic) bond motifs is 3. The number of esters is 1. The van der Waals surface area contributed by atoms with Gasteiger partial charge in [-0.25, -0.2) is 9.59 Å². The van der Waals surface area contributed by atoms with E-state index in [9.17, 15) is 18.9 Å². The second-order valence-electron chi connectivity index (χ2n) is 17.1. The molecule has 1 aromatic heterocycles. The van der Waals surface area contributed by atoms with Crippen LogP contribution in [0.1, 0.15) is 76.0 Å². The fraction of sp³-hybridized carbons (Fsp3) is 0.360. The van der Waals surface area contributed by atoms with Crippen LogP contribution < -0.4 is 19.7 Å². The molecular weight excluding hydrogens is 907 g/mol. The van der Waals surface area contributed by atoms with E-state index in [1.807, 2.05) is 60.7 Å². The third-order valence-electron chi connectivity index (χ3n) is 12.6. The Balaban J connectivity index is 0.872. The van der Waals surface area contributed by atoms with Crippen molar-refractivity contribution >= 4 is 52.9 Å². The third-order valence-corrected chi connectivity index (χ3v) is 14.4. The Labute approximate surface area is 396 Å². The average Bonchev–Trinajstić information content (AvgIpc) is 4.05. The molecule has 1 saturated carbocycles. The average molecular weight is 956 g/mol. The molecule has 5 aromatic rings. The summed E-state index contributed by atoms with van der Waals surface area (Å²) < 4.78 is 38.0. The number of carbonyl (C=O) groups is 3. The number of pyridine rings is 1. The van der Waals surface area contributed by atoms with Crippen LogP contribution in [-0.4, -0.2) is 82.8 Å². The van der Waals surface area contributed by atoms with Crippen molar-refractivity contribution in [2.75, 3.05) is 38.5 Å². The summed E-state index contributed by atoms with van der Waals surface area (Å²) in [6.07, 6.45) is 5.58. The van der Waals surface area contributed by atoms with Crippen molar-refractivity contribution in [3.63, 3.8) is 0 Å². The first-order valence-electron chi connectivity index (χ1n) is 22.2. The Hall–Kier alpha value is -5.54. The van der Waals surface area contributed by atoms with E-state index in [4.69, 9.17) is 42.1 Å². The zero-order valence-corrected chi connectivity index (χ0v) is 38.3. The number of rotatable bonds is 17. The van der Waals surface area contributed by atoms with Gasteiger partial charge in [0.05, 0.1) is 22.7 Å². The molecule has 0 spiro atoms. The number of aromatic nitrogens is 1. The summed E-state index contributed by atoms with van der Waals surface area (Å²) in [4.78, 5) is 53.7. The van der Waals surface area contributed by atoms with Gasteiger partial charge >= 0.3 is 12.1 Å². The minimum absolute atomic E-state index is 0.0653. The van der Waals surface area contributed by atoms with Crippen LogP contribution in [0.25, 0.3) is 0 Å². The maximum Gasteiger partial charge on any atom is 0.408 e. The molecule has 5 aliphatic rings. The number of thioether (sulfide) groups is 1. The van der Waals surface area contributed by atoms with Gasteiger partial charge in [-0.2, -0.15) is 0 Å². The molecule has 344 valence electrons. The number of hydrogen-bond donors (Lipinski definition) is 1. The Morgan fingerprint density at radius 3 is 2.33 bits per heavy atom. The molecule has 2 bridgehead atoms. The van der Waals surface area contributed by atoms with E-state index in [0.29, 0.717) is 53.2 Å². The highest BCUT2D eigenvalue weighted by molar-refractivity contribution is 8.00. The molecule has 1 aliphatic carbocycles. The number of alkyl carbamates (subject to hydrolysis) is 1. The topological polar surface area (TPSA) is 129 Å². The zero-order chi connectivity index (χ0) is 45.6. The van der Waals surface area contributed by atoms with Gasteiger partial charge in [0.15, 0.2) is 11.1 Å². The number of hydrogen-bond acceptors (Lipinski definition) is 11. The number of nitrogens with one attached hydrogen (secondary N) is 1. The number of benzene rings is 4. The summed E-state index contributed by atoms with van der Waals surface area (Å²) in [5, 5.41) is 2.73. The van der Waals surface area contributed by atoms with E-state index in [0.717, 1.165) is 62.0 Å². The van der Waals surface area contributed by atoms with Crippen molar-refractivity contribution in [3.8, 4) is 17.2 Å². The summed E-state index contributed by atoms with van der Waals surface area (Å²) in [5.74, 6) is 0.946. The van der Waals surface area contributed by atoms with E-state index < -0.39 is 29.6 Å². The summed E-state index contributed by atoms with van der Waals surface area (Å²) in [7, 11) is 0. The number of piperidine rings is 3. The number of halogens is 3. The highest BCUT2D eigenvalue weighted by Crippen LogP contribution is 2.39. The number of carbonyl (C=O) groups excluding carboxylic acids is 3. The van der Waals surface area contributed by atoms with Gasteiger partial charge in [-0.1, -0.05) is 83.9 Å². The Morgan fingerprint density at radius 1 is 0.818 bits per heavy atom. The van der Waals surface area contributed by atoms with E-state index in [1.165, 1.54) is 35.1 Å². The second kappa shape index (κ2) is 21.0. The molecule has 66 heavy (non-hydrogen) atoms. The molecule has 4 saturated heterocycles. The van der Waals surface area contributed by atoms with Gasteiger partial charge in [-0.3, -0.25) is 19.6 Å². The first kappa shape index (κ1) is 45.6. The summed E-state index contributed by atoms with van der Waals surface area (Å²) in [6.45, 7) is 3.74. The van der Waals surface area contributed by atoms with Gasteiger partial charge in [0, 0.05) is 47.7 Å². The van der Waals surface area contributed by atoms with Crippen LogP contribution in [0.15, 0.2) is 109 Å². The molecule has 4 atom stereocenters. The molecule has 12 nitrogen and oxygen atoms in total. The predicted octanol–water partition coefficient (Wildman–Crippen LogP) is 9.97. The maximum absolute atomic E-state index is 14.2. The number of nitrogens with zero attached hydrogens (tertiary/aromatic N) is 3. The first-order valence-corrected chi connectivity index (χ1v) is 24.0.